The van der Waals surface area contributed by atoms with Gasteiger partial charge in [0.2, 0.25) is 0 Å². The average molecular weight is 279 g/mol. The Kier molecular flexibility index (Phi) is 5.24. The van der Waals surface area contributed by atoms with Crippen molar-refractivity contribution in [2.45, 2.75) is 52.2 Å². The van der Waals surface area contributed by atoms with Crippen LogP contribution < -0.4 is 5.73 Å². The lowest BCUT2D eigenvalue weighted by Gasteiger charge is -2.41. The van der Waals surface area contributed by atoms with E-state index in [9.17, 15) is 0 Å². The molecule has 0 aliphatic carbocycles. The summed E-state index contributed by atoms with van der Waals surface area (Å²) < 4.78 is 5.86. The van der Waals surface area contributed by atoms with E-state index in [0.29, 0.717) is 6.04 Å². The number of piperazine rings is 1. The number of hydrogen-bond donors (Lipinski definition) is 1. The predicted octanol–water partition coefficient (Wildman–Crippen LogP) is 2.39. The fraction of sp³-hybridized carbons (Fsp3) is 0.750. The third-order valence-electron chi connectivity index (χ3n) is 4.40. The first-order valence-electron chi connectivity index (χ1n) is 7.83. The van der Waals surface area contributed by atoms with Crippen LogP contribution in [0.25, 0.3) is 0 Å². The van der Waals surface area contributed by atoms with Crippen molar-refractivity contribution < 1.29 is 4.42 Å². The monoisotopic (exact) mass is 279 g/mol. The number of aryl methyl sites for hydroxylation is 1. The van der Waals surface area contributed by atoms with E-state index in [-0.39, 0.29) is 12.1 Å². The molecule has 114 valence electrons. The summed E-state index contributed by atoms with van der Waals surface area (Å²) in [6.07, 6.45) is 0.967. The lowest BCUT2D eigenvalue weighted by Crippen LogP contribution is -2.52. The van der Waals surface area contributed by atoms with Gasteiger partial charge in [0.1, 0.15) is 11.5 Å². The molecule has 2 atom stereocenters. The molecule has 4 heteroatoms. The van der Waals surface area contributed by atoms with Crippen LogP contribution in [0.5, 0.6) is 0 Å². The van der Waals surface area contributed by atoms with E-state index in [1.807, 2.05) is 13.0 Å². The molecule has 1 aliphatic rings. The zero-order valence-electron chi connectivity index (χ0n) is 13.3. The molecule has 0 aromatic carbocycles. The topological polar surface area (TPSA) is 45.6 Å². The van der Waals surface area contributed by atoms with Crippen molar-refractivity contribution in [1.29, 1.82) is 0 Å². The molecule has 0 amide bonds. The van der Waals surface area contributed by atoms with Gasteiger partial charge in [0, 0.05) is 38.3 Å². The van der Waals surface area contributed by atoms with Gasteiger partial charge in [0.05, 0.1) is 6.04 Å². The largest absolute Gasteiger partial charge is 0.465 e. The number of furan rings is 1. The molecule has 0 bridgehead atoms. The number of nitrogens with zero attached hydrogens (tertiary/aromatic N) is 2. The van der Waals surface area contributed by atoms with Crippen LogP contribution >= 0.6 is 0 Å². The van der Waals surface area contributed by atoms with Crippen LogP contribution in [-0.2, 0) is 0 Å². The molecule has 2 N–H and O–H groups in total. The van der Waals surface area contributed by atoms with E-state index in [1.54, 1.807) is 0 Å². The van der Waals surface area contributed by atoms with Gasteiger partial charge in [-0.1, -0.05) is 6.92 Å². The first kappa shape index (κ1) is 15.5. The second-order valence-electron chi connectivity index (χ2n) is 6.13. The third kappa shape index (κ3) is 3.43. The molecular weight excluding hydrogens is 250 g/mol. The average Bonchev–Trinajstić information content (AvgIpc) is 2.85. The van der Waals surface area contributed by atoms with Crippen molar-refractivity contribution in [2.24, 2.45) is 5.73 Å². The van der Waals surface area contributed by atoms with Crippen molar-refractivity contribution in [1.82, 2.24) is 9.80 Å². The summed E-state index contributed by atoms with van der Waals surface area (Å²) in [5, 5.41) is 0. The van der Waals surface area contributed by atoms with Crippen molar-refractivity contribution in [2.75, 3.05) is 26.2 Å². The van der Waals surface area contributed by atoms with Gasteiger partial charge in [-0.05, 0) is 39.3 Å². The predicted molar refractivity (Wildman–Crippen MR) is 82.7 cm³/mol. The molecule has 2 rings (SSSR count). The van der Waals surface area contributed by atoms with E-state index < -0.39 is 0 Å². The van der Waals surface area contributed by atoms with E-state index in [0.717, 1.165) is 44.1 Å². The maximum absolute atomic E-state index is 6.37. The first-order valence-corrected chi connectivity index (χ1v) is 7.83. The Morgan fingerprint density at radius 3 is 2.20 bits per heavy atom. The third-order valence-corrected chi connectivity index (χ3v) is 4.40. The van der Waals surface area contributed by atoms with E-state index >= 15 is 0 Å². The highest BCUT2D eigenvalue weighted by Gasteiger charge is 2.31. The minimum atomic E-state index is 0.131. The fourth-order valence-corrected chi connectivity index (χ4v) is 3.03. The van der Waals surface area contributed by atoms with Crippen molar-refractivity contribution in [3.63, 3.8) is 0 Å². The van der Waals surface area contributed by atoms with Crippen LogP contribution in [0.3, 0.4) is 0 Å². The Bertz CT molecular complexity index is 408. The van der Waals surface area contributed by atoms with Gasteiger partial charge in [-0.2, -0.15) is 0 Å². The summed E-state index contributed by atoms with van der Waals surface area (Å²) in [7, 11) is 0. The van der Waals surface area contributed by atoms with Gasteiger partial charge >= 0.3 is 0 Å². The Morgan fingerprint density at radius 1 is 1.15 bits per heavy atom. The Hall–Kier alpha value is -0.840. The van der Waals surface area contributed by atoms with Gasteiger partial charge < -0.3 is 10.2 Å². The molecule has 20 heavy (non-hydrogen) atoms. The lowest BCUT2D eigenvalue weighted by molar-refractivity contribution is 0.0593. The lowest BCUT2D eigenvalue weighted by atomic mass is 10.0. The van der Waals surface area contributed by atoms with Crippen LogP contribution in [0, 0.1) is 6.92 Å². The highest BCUT2D eigenvalue weighted by Crippen LogP contribution is 2.28. The number of nitrogens with two attached hydrogens (primary N) is 1. The molecule has 1 saturated heterocycles. The molecule has 4 nitrogen and oxygen atoms in total. The van der Waals surface area contributed by atoms with Crippen LogP contribution in [0.2, 0.25) is 0 Å². The molecular formula is C16H29N3O. The summed E-state index contributed by atoms with van der Waals surface area (Å²) in [6.45, 7) is 13.0. The number of rotatable bonds is 5. The molecule has 1 aromatic heterocycles. The van der Waals surface area contributed by atoms with Crippen molar-refractivity contribution >= 4 is 0 Å². The molecule has 2 unspecified atom stereocenters. The van der Waals surface area contributed by atoms with Crippen LogP contribution in [0.4, 0.5) is 0 Å². The second kappa shape index (κ2) is 6.74. The quantitative estimate of drug-likeness (QED) is 0.899. The molecule has 0 spiro atoms. The fourth-order valence-electron chi connectivity index (χ4n) is 3.03. The molecule has 1 aromatic rings. The van der Waals surface area contributed by atoms with E-state index in [1.165, 1.54) is 0 Å². The van der Waals surface area contributed by atoms with E-state index in [4.69, 9.17) is 10.2 Å². The van der Waals surface area contributed by atoms with Crippen molar-refractivity contribution in [3.05, 3.63) is 23.7 Å². The van der Waals surface area contributed by atoms with E-state index in [2.05, 4.69) is 36.6 Å². The highest BCUT2D eigenvalue weighted by atomic mass is 16.3. The second-order valence-corrected chi connectivity index (χ2v) is 6.13. The zero-order chi connectivity index (χ0) is 14.7. The van der Waals surface area contributed by atoms with Gasteiger partial charge in [0.25, 0.3) is 0 Å². The zero-order valence-corrected chi connectivity index (χ0v) is 13.3. The Labute approximate surface area is 122 Å². The number of hydrogen-bond acceptors (Lipinski definition) is 4. The maximum atomic E-state index is 6.37. The molecule has 1 aliphatic heterocycles. The first-order chi connectivity index (χ1) is 9.52. The Morgan fingerprint density at radius 2 is 1.75 bits per heavy atom. The highest BCUT2D eigenvalue weighted by molar-refractivity contribution is 5.12. The SMILES string of the molecule is CCC(N)C(c1ccc(C)o1)N1CCN(C(C)C)CC1. The minimum absolute atomic E-state index is 0.131. The van der Waals surface area contributed by atoms with Gasteiger partial charge in [-0.15, -0.1) is 0 Å². The summed E-state index contributed by atoms with van der Waals surface area (Å²) in [5.41, 5.74) is 6.37. The Balaban J connectivity index is 2.09. The minimum Gasteiger partial charge on any atom is -0.465 e. The summed E-state index contributed by atoms with van der Waals surface area (Å²) in [6, 6.07) is 5.09. The van der Waals surface area contributed by atoms with Gasteiger partial charge in [-0.25, -0.2) is 0 Å². The normalized spacial score (nSPS) is 21.3. The van der Waals surface area contributed by atoms with Gasteiger partial charge in [0.15, 0.2) is 0 Å². The van der Waals surface area contributed by atoms with Crippen molar-refractivity contribution in [3.8, 4) is 0 Å². The molecule has 0 radical (unpaired) electrons. The summed E-state index contributed by atoms with van der Waals surface area (Å²) in [5.74, 6) is 1.99. The van der Waals surface area contributed by atoms with Gasteiger partial charge in [-0.3, -0.25) is 9.80 Å². The standard InChI is InChI=1S/C16H29N3O/c1-5-14(17)16(15-7-6-13(4)20-15)19-10-8-18(9-11-19)12(2)3/h6-7,12,14,16H,5,8-11,17H2,1-4H3. The molecule has 2 heterocycles. The summed E-state index contributed by atoms with van der Waals surface area (Å²) >= 11 is 0. The smallest absolute Gasteiger partial charge is 0.122 e. The summed E-state index contributed by atoms with van der Waals surface area (Å²) in [4.78, 5) is 5.02. The maximum Gasteiger partial charge on any atom is 0.122 e. The van der Waals surface area contributed by atoms with Crippen LogP contribution in [0.15, 0.2) is 16.5 Å². The van der Waals surface area contributed by atoms with Crippen LogP contribution in [-0.4, -0.2) is 48.1 Å². The molecule has 1 fully saturated rings. The van der Waals surface area contributed by atoms with Crippen LogP contribution in [0.1, 0.15) is 44.8 Å². The molecule has 0 saturated carbocycles.